The summed E-state index contributed by atoms with van der Waals surface area (Å²) in [5.41, 5.74) is 7.23. The van der Waals surface area contributed by atoms with Crippen LogP contribution >= 0.6 is 0 Å². The molecule has 1 aliphatic rings. The number of rotatable bonds is 4. The van der Waals surface area contributed by atoms with Crippen molar-refractivity contribution in [3.05, 3.63) is 70.3 Å². The van der Waals surface area contributed by atoms with Crippen LogP contribution in [0, 0.1) is 25.2 Å². The number of nitrogens with one attached hydrogen (secondary N) is 1. The average Bonchev–Trinajstić information content (AvgIpc) is 2.66. The van der Waals surface area contributed by atoms with Crippen LogP contribution in [0.5, 0.6) is 0 Å². The van der Waals surface area contributed by atoms with Crippen molar-refractivity contribution in [2.24, 2.45) is 0 Å². The summed E-state index contributed by atoms with van der Waals surface area (Å²) in [6.07, 6.45) is 3.96. The summed E-state index contributed by atoms with van der Waals surface area (Å²) in [4.78, 5) is 15.1. The highest BCUT2D eigenvalue weighted by Gasteiger charge is 2.30. The van der Waals surface area contributed by atoms with Crippen LogP contribution < -0.4 is 10.2 Å². The Bertz CT molecular complexity index is 1100. The van der Waals surface area contributed by atoms with E-state index in [1.165, 1.54) is 11.3 Å². The molecule has 0 saturated heterocycles. The van der Waals surface area contributed by atoms with Crippen molar-refractivity contribution < 1.29 is 4.79 Å². The highest BCUT2D eigenvalue weighted by Crippen LogP contribution is 2.40. The van der Waals surface area contributed by atoms with Crippen LogP contribution in [0.4, 0.5) is 11.4 Å². The molecule has 0 bridgehead atoms. The lowest BCUT2D eigenvalue weighted by Crippen LogP contribution is -2.44. The van der Waals surface area contributed by atoms with E-state index in [0.717, 1.165) is 28.8 Å². The second kappa shape index (κ2) is 8.20. The molecule has 30 heavy (non-hydrogen) atoms. The minimum atomic E-state index is -0.399. The SMILES string of the molecule is CCN1c2cc(C)c(/C=C(\C#N)C(=O)Nc3cccc(C)c3)cc2C(C)=CC1(C)C. The molecular formula is C26H29N3O. The van der Waals surface area contributed by atoms with Crippen molar-refractivity contribution in [2.45, 2.75) is 47.1 Å². The van der Waals surface area contributed by atoms with E-state index in [-0.39, 0.29) is 11.1 Å². The second-order valence-electron chi connectivity index (χ2n) is 8.44. The molecular weight excluding hydrogens is 370 g/mol. The summed E-state index contributed by atoms with van der Waals surface area (Å²) in [7, 11) is 0. The molecule has 0 atom stereocenters. The maximum atomic E-state index is 12.7. The number of nitrogens with zero attached hydrogens (tertiary/aromatic N) is 2. The van der Waals surface area contributed by atoms with E-state index >= 15 is 0 Å². The first kappa shape index (κ1) is 21.4. The van der Waals surface area contributed by atoms with Crippen molar-refractivity contribution in [3.63, 3.8) is 0 Å². The summed E-state index contributed by atoms with van der Waals surface area (Å²) < 4.78 is 0. The molecule has 1 N–H and O–H groups in total. The van der Waals surface area contributed by atoms with Gasteiger partial charge in [-0.3, -0.25) is 4.79 Å². The Balaban J connectivity index is 1.99. The average molecular weight is 400 g/mol. The number of anilines is 2. The topological polar surface area (TPSA) is 56.1 Å². The molecule has 1 heterocycles. The van der Waals surface area contributed by atoms with Gasteiger partial charge in [0.05, 0.1) is 5.54 Å². The Kier molecular flexibility index (Phi) is 5.85. The Morgan fingerprint density at radius 1 is 1.20 bits per heavy atom. The molecule has 0 radical (unpaired) electrons. The number of likely N-dealkylation sites (N-methyl/N-ethyl adjacent to an activating group) is 1. The van der Waals surface area contributed by atoms with Crippen molar-refractivity contribution in [1.29, 1.82) is 5.26 Å². The highest BCUT2D eigenvalue weighted by molar-refractivity contribution is 6.09. The number of hydrogen-bond acceptors (Lipinski definition) is 3. The summed E-state index contributed by atoms with van der Waals surface area (Å²) in [5, 5.41) is 12.4. The van der Waals surface area contributed by atoms with Crippen molar-refractivity contribution in [3.8, 4) is 6.07 Å². The molecule has 1 aliphatic heterocycles. The third-order valence-electron chi connectivity index (χ3n) is 5.62. The van der Waals surface area contributed by atoms with Gasteiger partial charge in [0.25, 0.3) is 5.91 Å². The molecule has 4 nitrogen and oxygen atoms in total. The van der Waals surface area contributed by atoms with E-state index < -0.39 is 5.91 Å². The number of benzene rings is 2. The van der Waals surface area contributed by atoms with Crippen LogP contribution in [0.1, 0.15) is 49.9 Å². The van der Waals surface area contributed by atoms with Gasteiger partial charge in [-0.1, -0.05) is 18.2 Å². The van der Waals surface area contributed by atoms with Gasteiger partial charge in [-0.25, -0.2) is 0 Å². The summed E-state index contributed by atoms with van der Waals surface area (Å²) in [5.74, 6) is -0.399. The summed E-state index contributed by atoms with van der Waals surface area (Å²) >= 11 is 0. The third kappa shape index (κ3) is 4.16. The molecule has 0 aliphatic carbocycles. The van der Waals surface area contributed by atoms with Crippen LogP contribution in [0.25, 0.3) is 11.6 Å². The van der Waals surface area contributed by atoms with E-state index in [2.05, 4.69) is 62.2 Å². The fraction of sp³-hybridized carbons (Fsp3) is 0.308. The maximum Gasteiger partial charge on any atom is 0.266 e. The Morgan fingerprint density at radius 3 is 2.57 bits per heavy atom. The standard InChI is InChI=1S/C26H29N3O/c1-7-29-24-12-18(3)20(14-23(24)19(4)15-26(29,5)6)13-21(16-27)25(30)28-22-10-8-9-17(2)11-22/h8-15H,7H2,1-6H3,(H,28,30)/b21-13+. The van der Waals surface area contributed by atoms with Crippen molar-refractivity contribution in [1.82, 2.24) is 0 Å². The van der Waals surface area contributed by atoms with Crippen LogP contribution in [-0.2, 0) is 4.79 Å². The molecule has 2 aromatic carbocycles. The van der Waals surface area contributed by atoms with Crippen LogP contribution in [0.2, 0.25) is 0 Å². The highest BCUT2D eigenvalue weighted by atomic mass is 16.1. The predicted molar refractivity (Wildman–Crippen MR) is 125 cm³/mol. The fourth-order valence-corrected chi connectivity index (χ4v) is 4.20. The second-order valence-corrected chi connectivity index (χ2v) is 8.44. The van der Waals surface area contributed by atoms with Gasteiger partial charge in [0, 0.05) is 23.5 Å². The molecule has 0 spiro atoms. The quantitative estimate of drug-likeness (QED) is 0.517. The number of fused-ring (bicyclic) bond motifs is 1. The van der Waals surface area contributed by atoms with E-state index in [0.29, 0.717) is 5.69 Å². The van der Waals surface area contributed by atoms with Crippen LogP contribution in [-0.4, -0.2) is 18.0 Å². The van der Waals surface area contributed by atoms with Gasteiger partial charge in [-0.05, 0) is 94.1 Å². The summed E-state index contributed by atoms with van der Waals surface area (Å²) in [6, 6.07) is 13.9. The van der Waals surface area contributed by atoms with Gasteiger partial charge >= 0.3 is 0 Å². The first-order valence-electron chi connectivity index (χ1n) is 10.3. The smallest absolute Gasteiger partial charge is 0.266 e. The van der Waals surface area contributed by atoms with Crippen LogP contribution in [0.3, 0.4) is 0 Å². The molecule has 0 fully saturated rings. The fourth-order valence-electron chi connectivity index (χ4n) is 4.20. The van der Waals surface area contributed by atoms with Gasteiger partial charge < -0.3 is 10.2 Å². The van der Waals surface area contributed by atoms with Gasteiger partial charge in [-0.2, -0.15) is 5.26 Å². The molecule has 2 aromatic rings. The Labute approximate surface area is 179 Å². The Hall–Kier alpha value is -3.32. The third-order valence-corrected chi connectivity index (χ3v) is 5.62. The molecule has 1 amide bonds. The number of nitriles is 1. The first-order chi connectivity index (χ1) is 14.2. The lowest BCUT2D eigenvalue weighted by atomic mass is 9.86. The van der Waals surface area contributed by atoms with Crippen molar-refractivity contribution in [2.75, 3.05) is 16.8 Å². The zero-order valence-corrected chi connectivity index (χ0v) is 18.6. The molecule has 0 aromatic heterocycles. The summed E-state index contributed by atoms with van der Waals surface area (Å²) in [6.45, 7) is 13.6. The van der Waals surface area contributed by atoms with Crippen LogP contribution in [0.15, 0.2) is 48.0 Å². The molecule has 4 heteroatoms. The van der Waals surface area contributed by atoms with Gasteiger partial charge in [-0.15, -0.1) is 0 Å². The molecule has 0 unspecified atom stereocenters. The molecule has 3 rings (SSSR count). The monoisotopic (exact) mass is 399 g/mol. The first-order valence-corrected chi connectivity index (χ1v) is 10.3. The Morgan fingerprint density at radius 2 is 1.93 bits per heavy atom. The van der Waals surface area contributed by atoms with E-state index in [9.17, 15) is 10.1 Å². The van der Waals surface area contributed by atoms with Gasteiger partial charge in [0.2, 0.25) is 0 Å². The maximum absolute atomic E-state index is 12.7. The minimum Gasteiger partial charge on any atom is -0.363 e. The van der Waals surface area contributed by atoms with Crippen molar-refractivity contribution >= 4 is 28.9 Å². The number of carbonyl (C=O) groups is 1. The lowest BCUT2D eigenvalue weighted by Gasteiger charge is -2.43. The number of hydrogen-bond donors (Lipinski definition) is 1. The normalized spacial score (nSPS) is 15.2. The number of aryl methyl sites for hydroxylation is 2. The van der Waals surface area contributed by atoms with Gasteiger partial charge in [0.1, 0.15) is 11.6 Å². The number of amides is 1. The minimum absolute atomic E-state index is 0.0544. The van der Waals surface area contributed by atoms with E-state index in [1.54, 1.807) is 6.08 Å². The largest absolute Gasteiger partial charge is 0.363 e. The molecule has 154 valence electrons. The number of carbonyl (C=O) groups excluding carboxylic acids is 1. The lowest BCUT2D eigenvalue weighted by molar-refractivity contribution is -0.112. The predicted octanol–water partition coefficient (Wildman–Crippen LogP) is 5.87. The zero-order chi connectivity index (χ0) is 22.1. The number of allylic oxidation sites excluding steroid dienone is 1. The van der Waals surface area contributed by atoms with E-state index in [1.807, 2.05) is 38.1 Å². The van der Waals surface area contributed by atoms with Gasteiger partial charge in [0.15, 0.2) is 0 Å². The molecule has 0 saturated carbocycles. The zero-order valence-electron chi connectivity index (χ0n) is 18.6. The van der Waals surface area contributed by atoms with E-state index in [4.69, 9.17) is 0 Å².